The molecular formula is C17H20N2O4S2. The van der Waals surface area contributed by atoms with E-state index in [0.717, 1.165) is 22.9 Å². The lowest BCUT2D eigenvalue weighted by atomic mass is 10.1. The van der Waals surface area contributed by atoms with Gasteiger partial charge in [-0.3, -0.25) is 14.5 Å². The Morgan fingerprint density at radius 1 is 1.12 bits per heavy atom. The van der Waals surface area contributed by atoms with Crippen LogP contribution >= 0.6 is 11.8 Å². The van der Waals surface area contributed by atoms with Gasteiger partial charge in [-0.1, -0.05) is 41.6 Å². The lowest BCUT2D eigenvalue weighted by molar-refractivity contribution is -0.126. The highest BCUT2D eigenvalue weighted by atomic mass is 32.2. The maximum Gasteiger partial charge on any atom is 0.289 e. The molecule has 6 nitrogen and oxygen atoms in total. The lowest BCUT2D eigenvalue weighted by Gasteiger charge is -2.34. The van der Waals surface area contributed by atoms with Crippen molar-refractivity contribution in [3.05, 3.63) is 40.8 Å². The van der Waals surface area contributed by atoms with E-state index in [1.807, 2.05) is 31.2 Å². The maximum atomic E-state index is 12.5. The molecule has 2 heterocycles. The monoisotopic (exact) mass is 380 g/mol. The zero-order valence-electron chi connectivity index (χ0n) is 13.9. The van der Waals surface area contributed by atoms with Gasteiger partial charge in [0.05, 0.1) is 5.75 Å². The molecule has 2 amide bonds. The van der Waals surface area contributed by atoms with Crippen LogP contribution < -0.4 is 0 Å². The predicted molar refractivity (Wildman–Crippen MR) is 98.4 cm³/mol. The quantitative estimate of drug-likeness (QED) is 0.802. The van der Waals surface area contributed by atoms with Crippen molar-refractivity contribution >= 4 is 39.0 Å². The molecule has 8 heteroatoms. The standard InChI is InChI=1S/C17H20N2O4S2/c1-13-2-4-14(5-3-13)8-11-25(22,23)18-9-6-15(7-10-18)19-16(20)12-24-17(19)21/h2-5,8,11,15H,6-7,9-10,12H2,1H3. The van der Waals surface area contributed by atoms with E-state index >= 15 is 0 Å². The Kier molecular flexibility index (Phi) is 5.31. The number of nitrogens with zero attached hydrogens (tertiary/aromatic N) is 2. The van der Waals surface area contributed by atoms with Crippen molar-refractivity contribution < 1.29 is 18.0 Å². The lowest BCUT2D eigenvalue weighted by Crippen LogP contribution is -2.47. The van der Waals surface area contributed by atoms with Crippen LogP contribution in [0, 0.1) is 6.92 Å². The number of imide groups is 1. The van der Waals surface area contributed by atoms with E-state index in [0.29, 0.717) is 25.9 Å². The minimum absolute atomic E-state index is 0.171. The van der Waals surface area contributed by atoms with E-state index in [4.69, 9.17) is 0 Å². The van der Waals surface area contributed by atoms with Gasteiger partial charge in [0.1, 0.15) is 0 Å². The number of carbonyl (C=O) groups is 2. The molecule has 0 aromatic heterocycles. The van der Waals surface area contributed by atoms with Crippen LogP contribution in [-0.2, 0) is 14.8 Å². The molecule has 25 heavy (non-hydrogen) atoms. The Bertz CT molecular complexity index is 778. The van der Waals surface area contributed by atoms with E-state index in [2.05, 4.69) is 0 Å². The zero-order chi connectivity index (χ0) is 18.0. The van der Waals surface area contributed by atoms with E-state index in [-0.39, 0.29) is 22.9 Å². The molecule has 1 aromatic carbocycles. The molecule has 0 spiro atoms. The van der Waals surface area contributed by atoms with Crippen LogP contribution in [0.4, 0.5) is 4.79 Å². The van der Waals surface area contributed by atoms with Crippen LogP contribution in [0.1, 0.15) is 24.0 Å². The SMILES string of the molecule is Cc1ccc(C=CS(=O)(=O)N2CCC(N3C(=O)CSC3=O)CC2)cc1. The minimum Gasteiger partial charge on any atom is -0.273 e. The van der Waals surface area contributed by atoms with Crippen molar-refractivity contribution in [3.63, 3.8) is 0 Å². The fourth-order valence-corrected chi connectivity index (χ4v) is 5.00. The van der Waals surface area contributed by atoms with Crippen LogP contribution in [0.3, 0.4) is 0 Å². The first kappa shape index (κ1) is 18.2. The Balaban J connectivity index is 1.62. The summed E-state index contributed by atoms with van der Waals surface area (Å²) in [4.78, 5) is 24.9. The summed E-state index contributed by atoms with van der Waals surface area (Å²) in [6, 6.07) is 7.41. The molecule has 2 fully saturated rings. The van der Waals surface area contributed by atoms with Gasteiger partial charge in [0.15, 0.2) is 0 Å². The number of hydrogen-bond acceptors (Lipinski definition) is 5. The molecule has 0 bridgehead atoms. The summed E-state index contributed by atoms with van der Waals surface area (Å²) in [5.41, 5.74) is 1.94. The first-order valence-corrected chi connectivity index (χ1v) is 10.6. The van der Waals surface area contributed by atoms with Crippen molar-refractivity contribution in [2.75, 3.05) is 18.8 Å². The van der Waals surface area contributed by atoms with Crippen LogP contribution in [0.5, 0.6) is 0 Å². The highest BCUT2D eigenvalue weighted by Gasteiger charge is 2.38. The van der Waals surface area contributed by atoms with Gasteiger partial charge in [0.2, 0.25) is 15.9 Å². The summed E-state index contributed by atoms with van der Waals surface area (Å²) in [6.45, 7) is 2.60. The van der Waals surface area contributed by atoms with Crippen molar-refractivity contribution in [2.45, 2.75) is 25.8 Å². The normalized spacial score (nSPS) is 20.8. The average molecular weight is 380 g/mol. The molecule has 0 radical (unpaired) electrons. The molecule has 2 aliphatic heterocycles. The summed E-state index contributed by atoms with van der Waals surface area (Å²) in [7, 11) is -3.51. The number of aryl methyl sites for hydroxylation is 1. The summed E-state index contributed by atoms with van der Waals surface area (Å²) in [6.07, 6.45) is 2.55. The number of hydrogen-bond donors (Lipinski definition) is 0. The van der Waals surface area contributed by atoms with Crippen molar-refractivity contribution in [1.29, 1.82) is 0 Å². The molecule has 0 aliphatic carbocycles. The highest BCUT2D eigenvalue weighted by molar-refractivity contribution is 8.14. The number of carbonyl (C=O) groups excluding carboxylic acids is 2. The Morgan fingerprint density at radius 3 is 2.32 bits per heavy atom. The second-order valence-electron chi connectivity index (χ2n) is 6.21. The molecular weight excluding hydrogens is 360 g/mol. The molecule has 2 saturated heterocycles. The minimum atomic E-state index is -3.51. The van der Waals surface area contributed by atoms with E-state index < -0.39 is 10.0 Å². The molecule has 2 aliphatic rings. The predicted octanol–water partition coefficient (Wildman–Crippen LogP) is 2.46. The fraction of sp³-hybridized carbons (Fsp3) is 0.412. The molecule has 134 valence electrons. The average Bonchev–Trinajstić information content (AvgIpc) is 2.93. The fourth-order valence-electron chi connectivity index (χ4n) is 3.00. The molecule has 0 atom stereocenters. The summed E-state index contributed by atoms with van der Waals surface area (Å²) in [5, 5.41) is 1.01. The van der Waals surface area contributed by atoms with E-state index in [1.165, 1.54) is 14.6 Å². The third kappa shape index (κ3) is 4.13. The summed E-state index contributed by atoms with van der Waals surface area (Å²) >= 11 is 1.01. The van der Waals surface area contributed by atoms with Gasteiger partial charge in [-0.05, 0) is 31.4 Å². The number of thioether (sulfide) groups is 1. The van der Waals surface area contributed by atoms with Crippen molar-refractivity contribution in [3.8, 4) is 0 Å². The van der Waals surface area contributed by atoms with Crippen LogP contribution in [0.15, 0.2) is 29.7 Å². The van der Waals surface area contributed by atoms with Gasteiger partial charge >= 0.3 is 0 Å². The van der Waals surface area contributed by atoms with Crippen LogP contribution in [-0.4, -0.2) is 53.7 Å². The van der Waals surface area contributed by atoms with Gasteiger partial charge in [0.25, 0.3) is 5.24 Å². The molecule has 0 unspecified atom stereocenters. The Labute approximate surface area is 151 Å². The molecule has 1 aromatic rings. The third-order valence-electron chi connectivity index (χ3n) is 4.44. The van der Waals surface area contributed by atoms with Crippen LogP contribution in [0.25, 0.3) is 6.08 Å². The van der Waals surface area contributed by atoms with Gasteiger partial charge in [-0.15, -0.1) is 0 Å². The maximum absolute atomic E-state index is 12.5. The van der Waals surface area contributed by atoms with Gasteiger partial charge in [0, 0.05) is 24.5 Å². The number of sulfonamides is 1. The summed E-state index contributed by atoms with van der Waals surface area (Å²) < 4.78 is 26.3. The second-order valence-corrected chi connectivity index (χ2v) is 8.95. The van der Waals surface area contributed by atoms with Gasteiger partial charge in [-0.25, -0.2) is 8.42 Å². The number of rotatable bonds is 4. The number of piperidine rings is 1. The van der Waals surface area contributed by atoms with Gasteiger partial charge in [-0.2, -0.15) is 4.31 Å². The highest BCUT2D eigenvalue weighted by Crippen LogP contribution is 2.27. The summed E-state index contributed by atoms with van der Waals surface area (Å²) in [5.74, 6) is 0.0203. The molecule has 0 saturated carbocycles. The number of amides is 2. The first-order valence-electron chi connectivity index (χ1n) is 8.10. The van der Waals surface area contributed by atoms with Crippen LogP contribution in [0.2, 0.25) is 0 Å². The smallest absolute Gasteiger partial charge is 0.273 e. The topological polar surface area (TPSA) is 74.8 Å². The zero-order valence-corrected chi connectivity index (χ0v) is 15.6. The first-order chi connectivity index (χ1) is 11.9. The van der Waals surface area contributed by atoms with Gasteiger partial charge < -0.3 is 0 Å². The Morgan fingerprint density at radius 2 is 1.76 bits per heavy atom. The Hall–Kier alpha value is -1.64. The largest absolute Gasteiger partial charge is 0.289 e. The molecule has 3 rings (SSSR count). The third-order valence-corrected chi connectivity index (χ3v) is 6.84. The number of benzene rings is 1. The van der Waals surface area contributed by atoms with Crippen molar-refractivity contribution in [1.82, 2.24) is 9.21 Å². The molecule has 0 N–H and O–H groups in total. The second kappa shape index (κ2) is 7.31. The van der Waals surface area contributed by atoms with Crippen molar-refractivity contribution in [2.24, 2.45) is 0 Å². The van der Waals surface area contributed by atoms with E-state index in [1.54, 1.807) is 6.08 Å². The van der Waals surface area contributed by atoms with E-state index in [9.17, 15) is 18.0 Å².